The number of amides is 3. The van der Waals surface area contributed by atoms with E-state index in [1.54, 1.807) is 20.8 Å². The predicted octanol–water partition coefficient (Wildman–Crippen LogP) is 3.24. The molecule has 1 unspecified atom stereocenters. The van der Waals surface area contributed by atoms with E-state index in [-0.39, 0.29) is 31.0 Å². The fourth-order valence-corrected chi connectivity index (χ4v) is 5.02. The summed E-state index contributed by atoms with van der Waals surface area (Å²) in [7, 11) is -4.27. The molecule has 11 nitrogen and oxygen atoms in total. The highest BCUT2D eigenvalue weighted by Gasteiger charge is 2.43. The van der Waals surface area contributed by atoms with Crippen molar-refractivity contribution in [2.45, 2.75) is 37.9 Å². The Hall–Kier alpha value is -4.05. The van der Waals surface area contributed by atoms with Gasteiger partial charge in [-0.3, -0.25) is 14.6 Å². The Balaban J connectivity index is 1.75. The Morgan fingerprint density at radius 3 is 2.33 bits per heavy atom. The summed E-state index contributed by atoms with van der Waals surface area (Å²) in [4.78, 5) is 43.4. The third-order valence-electron chi connectivity index (χ3n) is 6.77. The highest BCUT2D eigenvalue weighted by Crippen LogP contribution is 2.38. The van der Waals surface area contributed by atoms with Crippen molar-refractivity contribution in [3.05, 3.63) is 70.7 Å². The first-order chi connectivity index (χ1) is 19.3. The highest BCUT2D eigenvalue weighted by molar-refractivity contribution is 7.89. The fraction of sp³-hybridized carbons (Fsp3) is 0.346. The number of hydrogen-bond acceptors (Lipinski definition) is 6. The number of carbonyl (C=O) groups excluding carboxylic acids is 2. The molecule has 225 valence electrons. The van der Waals surface area contributed by atoms with Gasteiger partial charge in [-0.1, -0.05) is 20.8 Å². The molecule has 0 saturated heterocycles. The van der Waals surface area contributed by atoms with Crippen LogP contribution >= 0.6 is 0 Å². The van der Waals surface area contributed by atoms with Gasteiger partial charge in [0.2, 0.25) is 15.9 Å². The van der Waals surface area contributed by atoms with E-state index in [1.165, 1.54) is 6.42 Å². The first kappa shape index (κ1) is 30.9. The molecule has 0 fully saturated rings. The molecule has 1 atom stereocenters. The van der Waals surface area contributed by atoms with Crippen LogP contribution in [0.4, 0.5) is 28.0 Å². The lowest BCUT2D eigenvalue weighted by atomic mass is 9.95. The zero-order chi connectivity index (χ0) is 31.4. The number of carbonyl (C=O) groups is 3. The van der Waals surface area contributed by atoms with Crippen LogP contribution in [0.25, 0.3) is 0 Å². The van der Waals surface area contributed by atoms with Gasteiger partial charge >= 0.3 is 12.3 Å². The van der Waals surface area contributed by atoms with Gasteiger partial charge in [0, 0.05) is 37.7 Å². The van der Waals surface area contributed by atoms with Crippen LogP contribution in [0.1, 0.15) is 42.4 Å². The Labute approximate surface area is 238 Å². The number of sulfonamides is 1. The largest absolute Gasteiger partial charge is 0.465 e. The summed E-state index contributed by atoms with van der Waals surface area (Å²) in [5.74, 6) is -2.71. The SMILES string of the molecule is CC(C)(C)C(=O)Nc1cc(C(F)(F)F)cnc1[CH]C1C2=C(CN(C(=O)O)C2)CN1C(=O)c1ccc(S(N)(=O)=O)cc1F. The van der Waals surface area contributed by atoms with Crippen molar-refractivity contribution in [3.8, 4) is 0 Å². The van der Waals surface area contributed by atoms with E-state index in [4.69, 9.17) is 5.14 Å². The number of nitrogens with zero attached hydrogens (tertiary/aromatic N) is 3. The highest BCUT2D eigenvalue weighted by atomic mass is 32.2. The molecule has 1 aromatic heterocycles. The molecule has 3 heterocycles. The molecule has 42 heavy (non-hydrogen) atoms. The fourth-order valence-electron chi connectivity index (χ4n) is 4.50. The summed E-state index contributed by atoms with van der Waals surface area (Å²) in [6.45, 7) is 4.29. The average molecular weight is 613 g/mol. The molecule has 1 aromatic carbocycles. The second kappa shape index (κ2) is 10.7. The number of carboxylic acid groups (broad SMARTS) is 1. The number of anilines is 1. The Morgan fingerprint density at radius 2 is 1.79 bits per heavy atom. The number of nitrogens with two attached hydrogens (primary N) is 1. The van der Waals surface area contributed by atoms with Crippen molar-refractivity contribution in [1.29, 1.82) is 0 Å². The molecule has 0 saturated carbocycles. The lowest BCUT2D eigenvalue weighted by molar-refractivity contribution is -0.137. The zero-order valence-electron chi connectivity index (χ0n) is 22.5. The van der Waals surface area contributed by atoms with Crippen molar-refractivity contribution in [2.24, 2.45) is 10.6 Å². The molecule has 16 heteroatoms. The van der Waals surface area contributed by atoms with E-state index in [0.717, 1.165) is 21.9 Å². The van der Waals surface area contributed by atoms with E-state index >= 15 is 0 Å². The number of rotatable bonds is 5. The second-order valence-corrected chi connectivity index (χ2v) is 12.4. The Bertz CT molecular complexity index is 1620. The normalized spacial score (nSPS) is 17.5. The summed E-state index contributed by atoms with van der Waals surface area (Å²) in [5.41, 5.74) is -2.15. The van der Waals surface area contributed by atoms with Gasteiger partial charge in [-0.05, 0) is 35.4 Å². The quantitative estimate of drug-likeness (QED) is 0.345. The van der Waals surface area contributed by atoms with Crippen molar-refractivity contribution < 1.29 is 45.5 Å². The molecule has 0 bridgehead atoms. The minimum absolute atomic E-state index is 0.0698. The van der Waals surface area contributed by atoms with Crippen molar-refractivity contribution in [3.63, 3.8) is 0 Å². The van der Waals surface area contributed by atoms with Crippen LogP contribution in [0.3, 0.4) is 0 Å². The van der Waals surface area contributed by atoms with Gasteiger partial charge in [-0.25, -0.2) is 22.7 Å². The molecule has 4 N–H and O–H groups in total. The maximum atomic E-state index is 14.9. The Morgan fingerprint density at radius 1 is 1.12 bits per heavy atom. The number of aromatic nitrogens is 1. The number of benzene rings is 1. The topological polar surface area (TPSA) is 163 Å². The molecule has 2 aliphatic rings. The van der Waals surface area contributed by atoms with Crippen LogP contribution in [0, 0.1) is 17.7 Å². The van der Waals surface area contributed by atoms with E-state index in [9.17, 15) is 45.5 Å². The van der Waals surface area contributed by atoms with Crippen molar-refractivity contribution in [2.75, 3.05) is 25.0 Å². The molecule has 1 radical (unpaired) electrons. The van der Waals surface area contributed by atoms with E-state index in [1.807, 2.05) is 0 Å². The molecule has 2 aliphatic heterocycles. The third-order valence-corrected chi connectivity index (χ3v) is 7.68. The van der Waals surface area contributed by atoms with Gasteiger partial charge in [0.15, 0.2) is 0 Å². The third kappa shape index (κ3) is 6.23. The molecule has 4 rings (SSSR count). The van der Waals surface area contributed by atoms with Crippen LogP contribution in [-0.2, 0) is 21.0 Å². The monoisotopic (exact) mass is 612 g/mol. The summed E-state index contributed by atoms with van der Waals surface area (Å²) >= 11 is 0. The number of pyridine rings is 1. The molecule has 3 amide bonds. The molecular formula is C26H26F4N5O6S. The van der Waals surface area contributed by atoms with Crippen molar-refractivity contribution in [1.82, 2.24) is 14.8 Å². The lowest BCUT2D eigenvalue weighted by Crippen LogP contribution is -2.42. The van der Waals surface area contributed by atoms with Gasteiger partial charge in [-0.2, -0.15) is 13.2 Å². The average Bonchev–Trinajstić information content (AvgIpc) is 3.42. The van der Waals surface area contributed by atoms with Crippen LogP contribution in [-0.4, -0.2) is 71.9 Å². The standard InChI is InChI=1S/C26H26F4N5O6S/c1-25(2,3)23(37)33-20-6-14(26(28,29)30)9-32-19(20)8-21-17-12-34(24(38)39)10-13(17)11-35(21)22(36)16-5-4-15(7-18(16)27)42(31,40)41/h4-9,21H,10-12H2,1-3H3,(H,33,37)(H,38,39)(H2,31,40,41). The molecule has 2 aromatic rings. The lowest BCUT2D eigenvalue weighted by Gasteiger charge is -2.30. The maximum Gasteiger partial charge on any atom is 0.417 e. The van der Waals surface area contributed by atoms with Crippen molar-refractivity contribution >= 4 is 33.6 Å². The predicted molar refractivity (Wildman–Crippen MR) is 140 cm³/mol. The number of nitrogens with one attached hydrogen (secondary N) is 1. The summed E-state index contributed by atoms with van der Waals surface area (Å²) in [6.07, 6.45) is -4.18. The molecular weight excluding hydrogens is 586 g/mol. The first-order valence-corrected chi connectivity index (χ1v) is 13.9. The van der Waals surface area contributed by atoms with Crippen LogP contribution in [0.5, 0.6) is 0 Å². The van der Waals surface area contributed by atoms with Crippen LogP contribution in [0.15, 0.2) is 46.5 Å². The summed E-state index contributed by atoms with van der Waals surface area (Å²) in [6, 6.07) is 2.08. The first-order valence-electron chi connectivity index (χ1n) is 12.3. The maximum absolute atomic E-state index is 14.9. The number of hydrogen-bond donors (Lipinski definition) is 3. The minimum atomic E-state index is -4.79. The van der Waals surface area contributed by atoms with Gasteiger partial charge in [-0.15, -0.1) is 0 Å². The summed E-state index contributed by atoms with van der Waals surface area (Å²) < 4.78 is 78.6. The number of primary sulfonamides is 1. The summed E-state index contributed by atoms with van der Waals surface area (Å²) in [5, 5.41) is 17.0. The zero-order valence-corrected chi connectivity index (χ0v) is 23.3. The smallest absolute Gasteiger partial charge is 0.417 e. The van der Waals surface area contributed by atoms with E-state index in [2.05, 4.69) is 10.3 Å². The van der Waals surface area contributed by atoms with Crippen LogP contribution in [0.2, 0.25) is 0 Å². The molecule has 0 aliphatic carbocycles. The van der Waals surface area contributed by atoms with E-state index in [0.29, 0.717) is 29.5 Å². The molecule has 0 spiro atoms. The van der Waals surface area contributed by atoms with Gasteiger partial charge in [0.05, 0.1) is 33.4 Å². The van der Waals surface area contributed by atoms with E-state index < -0.39 is 67.4 Å². The van der Waals surface area contributed by atoms with Crippen LogP contribution < -0.4 is 10.5 Å². The van der Waals surface area contributed by atoms with Gasteiger partial charge < -0.3 is 20.2 Å². The minimum Gasteiger partial charge on any atom is -0.465 e. The second-order valence-electron chi connectivity index (χ2n) is 10.9. The number of halogens is 4. The van der Waals surface area contributed by atoms with Gasteiger partial charge in [0.25, 0.3) is 5.91 Å². The number of alkyl halides is 3. The van der Waals surface area contributed by atoms with Gasteiger partial charge in [0.1, 0.15) is 5.82 Å². The Kier molecular flexibility index (Phi) is 7.84.